The molecule has 0 spiro atoms. The lowest BCUT2D eigenvalue weighted by atomic mass is 9.88. The van der Waals surface area contributed by atoms with Gasteiger partial charge in [0, 0.05) is 13.0 Å². The Labute approximate surface area is 114 Å². The molecule has 0 saturated carbocycles. The summed E-state index contributed by atoms with van der Waals surface area (Å²) in [5, 5.41) is 0. The highest BCUT2D eigenvalue weighted by Gasteiger charge is 2.36. The standard InChI is InChI=1S/C15H23NO3/c1-4-12(2)19-11-10-15(16,14(17)18-3)13-8-6-5-7-9-13/h5-9,12H,4,10-11,16H2,1-3H3. The fraction of sp³-hybridized carbons (Fsp3) is 0.533. The Hall–Kier alpha value is -1.39. The van der Waals surface area contributed by atoms with E-state index in [1.165, 1.54) is 7.11 Å². The highest BCUT2D eigenvalue weighted by atomic mass is 16.5. The third-order valence-electron chi connectivity index (χ3n) is 3.31. The fourth-order valence-electron chi connectivity index (χ4n) is 1.82. The monoisotopic (exact) mass is 265 g/mol. The minimum Gasteiger partial charge on any atom is -0.467 e. The van der Waals surface area contributed by atoms with E-state index in [4.69, 9.17) is 15.2 Å². The molecule has 0 aliphatic carbocycles. The number of hydrogen-bond donors (Lipinski definition) is 1. The predicted molar refractivity (Wildman–Crippen MR) is 74.6 cm³/mol. The van der Waals surface area contributed by atoms with Crippen molar-refractivity contribution < 1.29 is 14.3 Å². The minimum atomic E-state index is -1.15. The quantitative estimate of drug-likeness (QED) is 0.768. The third kappa shape index (κ3) is 4.04. The maximum atomic E-state index is 12.0. The van der Waals surface area contributed by atoms with Crippen LogP contribution in [0.15, 0.2) is 30.3 Å². The number of nitrogens with two attached hydrogens (primary N) is 1. The number of methoxy groups -OCH3 is 1. The van der Waals surface area contributed by atoms with Gasteiger partial charge in [0.05, 0.1) is 13.2 Å². The van der Waals surface area contributed by atoms with Gasteiger partial charge in [-0.05, 0) is 18.9 Å². The Balaban J connectivity index is 2.80. The van der Waals surface area contributed by atoms with E-state index in [9.17, 15) is 4.79 Å². The van der Waals surface area contributed by atoms with E-state index in [-0.39, 0.29) is 6.10 Å². The average molecular weight is 265 g/mol. The molecule has 4 heteroatoms. The molecular weight excluding hydrogens is 242 g/mol. The summed E-state index contributed by atoms with van der Waals surface area (Å²) < 4.78 is 10.4. The van der Waals surface area contributed by atoms with Crippen LogP contribution in [0.2, 0.25) is 0 Å². The van der Waals surface area contributed by atoms with Crippen LogP contribution in [0, 0.1) is 0 Å². The van der Waals surface area contributed by atoms with Crippen molar-refractivity contribution in [2.75, 3.05) is 13.7 Å². The van der Waals surface area contributed by atoms with E-state index in [0.717, 1.165) is 12.0 Å². The number of benzene rings is 1. The van der Waals surface area contributed by atoms with E-state index in [1.807, 2.05) is 37.3 Å². The summed E-state index contributed by atoms with van der Waals surface area (Å²) in [6.07, 6.45) is 1.49. The highest BCUT2D eigenvalue weighted by molar-refractivity contribution is 5.82. The molecule has 0 aliphatic heterocycles. The number of esters is 1. The molecule has 0 bridgehead atoms. The molecule has 0 amide bonds. The topological polar surface area (TPSA) is 61.5 Å². The van der Waals surface area contributed by atoms with Crippen molar-refractivity contribution in [1.82, 2.24) is 0 Å². The second-order valence-corrected chi connectivity index (χ2v) is 4.67. The zero-order valence-electron chi connectivity index (χ0n) is 11.9. The molecule has 1 aromatic carbocycles. The molecule has 2 unspecified atom stereocenters. The van der Waals surface area contributed by atoms with Gasteiger partial charge in [0.2, 0.25) is 0 Å². The molecule has 0 saturated heterocycles. The van der Waals surface area contributed by atoms with Crippen LogP contribution in [-0.2, 0) is 19.8 Å². The molecule has 19 heavy (non-hydrogen) atoms. The van der Waals surface area contributed by atoms with Gasteiger partial charge in [-0.2, -0.15) is 0 Å². The highest BCUT2D eigenvalue weighted by Crippen LogP contribution is 2.24. The molecule has 1 aromatic rings. The number of rotatable bonds is 7. The summed E-state index contributed by atoms with van der Waals surface area (Å²) in [6.45, 7) is 4.48. The van der Waals surface area contributed by atoms with Gasteiger partial charge >= 0.3 is 5.97 Å². The number of carbonyl (C=O) groups excluding carboxylic acids is 1. The van der Waals surface area contributed by atoms with Crippen molar-refractivity contribution in [2.45, 2.75) is 38.3 Å². The lowest BCUT2D eigenvalue weighted by molar-refractivity contribution is -0.148. The van der Waals surface area contributed by atoms with E-state index in [2.05, 4.69) is 6.92 Å². The van der Waals surface area contributed by atoms with Gasteiger partial charge < -0.3 is 15.2 Å². The average Bonchev–Trinajstić information content (AvgIpc) is 2.46. The van der Waals surface area contributed by atoms with Crippen LogP contribution in [-0.4, -0.2) is 25.8 Å². The summed E-state index contributed by atoms with van der Waals surface area (Å²) in [7, 11) is 1.35. The van der Waals surface area contributed by atoms with E-state index >= 15 is 0 Å². The number of carbonyl (C=O) groups is 1. The third-order valence-corrected chi connectivity index (χ3v) is 3.31. The molecule has 4 nitrogen and oxygen atoms in total. The Kier molecular flexibility index (Phi) is 5.99. The molecule has 0 heterocycles. The molecule has 1 rings (SSSR count). The largest absolute Gasteiger partial charge is 0.467 e. The van der Waals surface area contributed by atoms with Gasteiger partial charge in [0.1, 0.15) is 5.54 Å². The second kappa shape index (κ2) is 7.26. The Morgan fingerprint density at radius 1 is 1.37 bits per heavy atom. The molecule has 0 fully saturated rings. The lowest BCUT2D eigenvalue weighted by Gasteiger charge is -2.27. The minimum absolute atomic E-state index is 0.165. The van der Waals surface area contributed by atoms with Gasteiger partial charge in [0.25, 0.3) is 0 Å². The Morgan fingerprint density at radius 3 is 2.53 bits per heavy atom. The first-order chi connectivity index (χ1) is 9.04. The van der Waals surface area contributed by atoms with Crippen molar-refractivity contribution in [2.24, 2.45) is 5.73 Å². The normalized spacial score (nSPS) is 15.6. The van der Waals surface area contributed by atoms with Crippen LogP contribution >= 0.6 is 0 Å². The molecular formula is C15H23NO3. The van der Waals surface area contributed by atoms with Crippen molar-refractivity contribution in [1.29, 1.82) is 0 Å². The molecule has 0 aliphatic rings. The van der Waals surface area contributed by atoms with Gasteiger partial charge in [-0.15, -0.1) is 0 Å². The van der Waals surface area contributed by atoms with Gasteiger partial charge in [-0.3, -0.25) is 0 Å². The molecule has 2 atom stereocenters. The first-order valence-corrected chi connectivity index (χ1v) is 6.59. The van der Waals surface area contributed by atoms with E-state index < -0.39 is 11.5 Å². The van der Waals surface area contributed by atoms with Crippen LogP contribution < -0.4 is 5.73 Å². The van der Waals surface area contributed by atoms with E-state index in [0.29, 0.717) is 13.0 Å². The van der Waals surface area contributed by atoms with Crippen LogP contribution in [0.5, 0.6) is 0 Å². The smallest absolute Gasteiger partial charge is 0.330 e. The first-order valence-electron chi connectivity index (χ1n) is 6.59. The van der Waals surface area contributed by atoms with Gasteiger partial charge in [-0.1, -0.05) is 37.3 Å². The SMILES string of the molecule is CCC(C)OCCC(N)(C(=O)OC)c1ccccc1. The fourth-order valence-corrected chi connectivity index (χ4v) is 1.82. The summed E-state index contributed by atoms with van der Waals surface area (Å²) in [5.41, 5.74) is 5.84. The summed E-state index contributed by atoms with van der Waals surface area (Å²) in [5.74, 6) is -0.438. The van der Waals surface area contributed by atoms with Crippen molar-refractivity contribution in [3.63, 3.8) is 0 Å². The molecule has 0 radical (unpaired) electrons. The summed E-state index contributed by atoms with van der Waals surface area (Å²) in [4.78, 5) is 12.0. The predicted octanol–water partition coefficient (Wildman–Crippen LogP) is 2.22. The molecule has 106 valence electrons. The zero-order chi connectivity index (χ0) is 14.3. The van der Waals surface area contributed by atoms with Crippen LogP contribution in [0.25, 0.3) is 0 Å². The van der Waals surface area contributed by atoms with Crippen molar-refractivity contribution in [3.05, 3.63) is 35.9 Å². The van der Waals surface area contributed by atoms with Crippen LogP contribution in [0.1, 0.15) is 32.3 Å². The van der Waals surface area contributed by atoms with Crippen LogP contribution in [0.3, 0.4) is 0 Å². The molecule has 0 aromatic heterocycles. The van der Waals surface area contributed by atoms with Crippen molar-refractivity contribution in [3.8, 4) is 0 Å². The van der Waals surface area contributed by atoms with E-state index in [1.54, 1.807) is 0 Å². The number of hydrogen-bond acceptors (Lipinski definition) is 4. The molecule has 2 N–H and O–H groups in total. The maximum Gasteiger partial charge on any atom is 0.330 e. The summed E-state index contributed by atoms with van der Waals surface area (Å²) in [6, 6.07) is 9.27. The Morgan fingerprint density at radius 2 is 2.00 bits per heavy atom. The Bertz CT molecular complexity index is 394. The zero-order valence-corrected chi connectivity index (χ0v) is 11.9. The van der Waals surface area contributed by atoms with Crippen LogP contribution in [0.4, 0.5) is 0 Å². The summed E-state index contributed by atoms with van der Waals surface area (Å²) >= 11 is 0. The van der Waals surface area contributed by atoms with Crippen molar-refractivity contribution >= 4 is 5.97 Å². The van der Waals surface area contributed by atoms with Gasteiger partial charge in [-0.25, -0.2) is 4.79 Å². The van der Waals surface area contributed by atoms with Gasteiger partial charge in [0.15, 0.2) is 0 Å². The lowest BCUT2D eigenvalue weighted by Crippen LogP contribution is -2.46. The maximum absolute atomic E-state index is 12.0. The first kappa shape index (κ1) is 15.7. The number of ether oxygens (including phenoxy) is 2. The second-order valence-electron chi connectivity index (χ2n) is 4.67.